The molecule has 134 valence electrons. The topological polar surface area (TPSA) is 64.1 Å². The first-order valence-corrected chi connectivity index (χ1v) is 9.86. The van der Waals surface area contributed by atoms with E-state index in [4.69, 9.17) is 4.74 Å². The largest absolute Gasteiger partial charge is 0.454 e. The zero-order chi connectivity index (χ0) is 17.9. The zero-order valence-electron chi connectivity index (χ0n) is 14.7. The van der Waals surface area contributed by atoms with Crippen LogP contribution in [-0.2, 0) is 0 Å². The molecule has 0 saturated heterocycles. The SMILES string of the molecule is Cc1ccc(Oc2cc(C(=O)NC3CCCCC3)nc3ccsc23)cn1. The summed E-state index contributed by atoms with van der Waals surface area (Å²) in [5.41, 5.74) is 2.11. The second kappa shape index (κ2) is 7.41. The van der Waals surface area contributed by atoms with Crippen molar-refractivity contribution in [1.82, 2.24) is 15.3 Å². The molecular weight excluding hydrogens is 346 g/mol. The molecule has 3 heterocycles. The molecule has 4 rings (SSSR count). The Bertz CT molecular complexity index is 914. The molecule has 0 atom stereocenters. The molecule has 5 nitrogen and oxygen atoms in total. The highest BCUT2D eigenvalue weighted by Crippen LogP contribution is 2.33. The normalized spacial score (nSPS) is 15.1. The van der Waals surface area contributed by atoms with Gasteiger partial charge in [-0.1, -0.05) is 19.3 Å². The van der Waals surface area contributed by atoms with Crippen LogP contribution in [0.15, 0.2) is 35.8 Å². The van der Waals surface area contributed by atoms with Crippen LogP contribution < -0.4 is 10.1 Å². The molecule has 0 aliphatic heterocycles. The van der Waals surface area contributed by atoms with Gasteiger partial charge in [0.25, 0.3) is 5.91 Å². The first-order valence-electron chi connectivity index (χ1n) is 8.99. The first kappa shape index (κ1) is 17.0. The minimum Gasteiger partial charge on any atom is -0.454 e. The van der Waals surface area contributed by atoms with E-state index in [1.807, 2.05) is 30.5 Å². The van der Waals surface area contributed by atoms with Crippen molar-refractivity contribution in [2.75, 3.05) is 0 Å². The van der Waals surface area contributed by atoms with Crippen molar-refractivity contribution in [2.24, 2.45) is 0 Å². The number of aromatic nitrogens is 2. The van der Waals surface area contributed by atoms with E-state index in [1.165, 1.54) is 19.3 Å². The number of nitrogens with zero attached hydrogens (tertiary/aromatic N) is 2. The third kappa shape index (κ3) is 3.70. The van der Waals surface area contributed by atoms with E-state index in [0.717, 1.165) is 28.8 Å². The Balaban J connectivity index is 1.61. The zero-order valence-corrected chi connectivity index (χ0v) is 15.5. The summed E-state index contributed by atoms with van der Waals surface area (Å²) < 4.78 is 6.94. The van der Waals surface area contributed by atoms with Crippen molar-refractivity contribution in [3.8, 4) is 11.5 Å². The van der Waals surface area contributed by atoms with Crippen LogP contribution in [0, 0.1) is 6.92 Å². The van der Waals surface area contributed by atoms with Gasteiger partial charge in [-0.05, 0) is 43.3 Å². The molecule has 6 heteroatoms. The Kier molecular flexibility index (Phi) is 4.84. The summed E-state index contributed by atoms with van der Waals surface area (Å²) in [6.07, 6.45) is 7.40. The van der Waals surface area contributed by atoms with E-state index in [9.17, 15) is 4.79 Å². The van der Waals surface area contributed by atoms with Crippen molar-refractivity contribution < 1.29 is 9.53 Å². The average molecular weight is 367 g/mol. The summed E-state index contributed by atoms with van der Waals surface area (Å²) in [4.78, 5) is 21.5. The number of carbonyl (C=O) groups excluding carboxylic acids is 1. The minimum atomic E-state index is -0.128. The monoisotopic (exact) mass is 367 g/mol. The molecule has 0 bridgehead atoms. The standard InChI is InChI=1S/C20H21N3O2S/c1-13-7-8-15(12-21-13)25-18-11-17(23-16-9-10-26-19(16)18)20(24)22-14-5-3-2-4-6-14/h7-12,14H,2-6H2,1H3,(H,22,24). The summed E-state index contributed by atoms with van der Waals surface area (Å²) in [7, 11) is 0. The Morgan fingerprint density at radius 2 is 2.08 bits per heavy atom. The summed E-state index contributed by atoms with van der Waals surface area (Å²) in [6, 6.07) is 7.68. The van der Waals surface area contributed by atoms with Crippen molar-refractivity contribution in [3.05, 3.63) is 47.2 Å². The van der Waals surface area contributed by atoms with Gasteiger partial charge in [-0.2, -0.15) is 0 Å². The molecule has 3 aromatic rings. The maximum Gasteiger partial charge on any atom is 0.270 e. The Morgan fingerprint density at radius 1 is 1.23 bits per heavy atom. The molecule has 0 radical (unpaired) electrons. The van der Waals surface area contributed by atoms with E-state index >= 15 is 0 Å². The average Bonchev–Trinajstić information content (AvgIpc) is 3.13. The predicted molar refractivity (Wildman–Crippen MR) is 103 cm³/mol. The van der Waals surface area contributed by atoms with Gasteiger partial charge in [0.1, 0.15) is 17.2 Å². The number of amides is 1. The van der Waals surface area contributed by atoms with Gasteiger partial charge in [-0.25, -0.2) is 4.98 Å². The third-order valence-corrected chi connectivity index (χ3v) is 5.58. The van der Waals surface area contributed by atoms with Gasteiger partial charge in [-0.15, -0.1) is 11.3 Å². The molecule has 1 N–H and O–H groups in total. The van der Waals surface area contributed by atoms with Crippen LogP contribution in [0.25, 0.3) is 10.2 Å². The summed E-state index contributed by atoms with van der Waals surface area (Å²) in [6.45, 7) is 1.93. The Hall–Kier alpha value is -2.47. The lowest BCUT2D eigenvalue weighted by Gasteiger charge is -2.22. The number of hydrogen-bond donors (Lipinski definition) is 1. The highest BCUT2D eigenvalue weighted by atomic mass is 32.1. The molecule has 1 saturated carbocycles. The van der Waals surface area contributed by atoms with Crippen LogP contribution in [-0.4, -0.2) is 21.9 Å². The maximum atomic E-state index is 12.7. The van der Waals surface area contributed by atoms with E-state index in [0.29, 0.717) is 17.2 Å². The van der Waals surface area contributed by atoms with Crippen molar-refractivity contribution in [2.45, 2.75) is 45.1 Å². The molecule has 0 aromatic carbocycles. The van der Waals surface area contributed by atoms with Gasteiger partial charge in [0.05, 0.1) is 16.4 Å². The fourth-order valence-electron chi connectivity index (χ4n) is 3.27. The maximum absolute atomic E-state index is 12.7. The van der Waals surface area contributed by atoms with Gasteiger partial charge in [0.15, 0.2) is 0 Å². The fourth-order valence-corrected chi connectivity index (χ4v) is 4.05. The van der Waals surface area contributed by atoms with E-state index in [2.05, 4.69) is 15.3 Å². The molecular formula is C20H21N3O2S. The van der Waals surface area contributed by atoms with E-state index < -0.39 is 0 Å². The van der Waals surface area contributed by atoms with Crippen molar-refractivity contribution >= 4 is 27.5 Å². The van der Waals surface area contributed by atoms with Crippen LogP contribution in [0.4, 0.5) is 0 Å². The molecule has 0 unspecified atom stereocenters. The van der Waals surface area contributed by atoms with Crippen LogP contribution in [0.2, 0.25) is 0 Å². The molecule has 26 heavy (non-hydrogen) atoms. The van der Waals surface area contributed by atoms with E-state index in [1.54, 1.807) is 23.6 Å². The number of ether oxygens (including phenoxy) is 1. The van der Waals surface area contributed by atoms with Gasteiger partial charge in [0, 0.05) is 17.8 Å². The van der Waals surface area contributed by atoms with Crippen LogP contribution in [0.5, 0.6) is 11.5 Å². The number of aryl methyl sites for hydroxylation is 1. The molecule has 0 spiro atoms. The van der Waals surface area contributed by atoms with E-state index in [-0.39, 0.29) is 11.9 Å². The number of thiophene rings is 1. The number of pyridine rings is 2. The third-order valence-electron chi connectivity index (χ3n) is 4.66. The quantitative estimate of drug-likeness (QED) is 0.715. The molecule has 3 aromatic heterocycles. The number of fused-ring (bicyclic) bond motifs is 1. The van der Waals surface area contributed by atoms with Crippen LogP contribution >= 0.6 is 11.3 Å². The van der Waals surface area contributed by atoms with Crippen molar-refractivity contribution in [3.63, 3.8) is 0 Å². The Morgan fingerprint density at radius 3 is 2.85 bits per heavy atom. The lowest BCUT2D eigenvalue weighted by molar-refractivity contribution is 0.0922. The highest BCUT2D eigenvalue weighted by Gasteiger charge is 2.19. The van der Waals surface area contributed by atoms with Gasteiger partial charge >= 0.3 is 0 Å². The Labute approximate surface area is 156 Å². The summed E-state index contributed by atoms with van der Waals surface area (Å²) >= 11 is 1.55. The fraction of sp³-hybridized carbons (Fsp3) is 0.350. The summed E-state index contributed by atoms with van der Waals surface area (Å²) in [5.74, 6) is 1.16. The summed E-state index contributed by atoms with van der Waals surface area (Å²) in [5, 5.41) is 5.08. The molecule has 1 fully saturated rings. The van der Waals surface area contributed by atoms with Crippen molar-refractivity contribution in [1.29, 1.82) is 0 Å². The second-order valence-electron chi connectivity index (χ2n) is 6.69. The highest BCUT2D eigenvalue weighted by molar-refractivity contribution is 7.17. The smallest absolute Gasteiger partial charge is 0.270 e. The molecule has 1 amide bonds. The van der Waals surface area contributed by atoms with Crippen LogP contribution in [0.3, 0.4) is 0 Å². The minimum absolute atomic E-state index is 0.128. The van der Waals surface area contributed by atoms with Gasteiger partial charge in [0.2, 0.25) is 0 Å². The number of hydrogen-bond acceptors (Lipinski definition) is 5. The number of nitrogens with one attached hydrogen (secondary N) is 1. The molecule has 1 aliphatic carbocycles. The van der Waals surface area contributed by atoms with Crippen LogP contribution in [0.1, 0.15) is 48.3 Å². The number of rotatable bonds is 4. The lowest BCUT2D eigenvalue weighted by Crippen LogP contribution is -2.36. The van der Waals surface area contributed by atoms with Gasteiger partial charge in [-0.3, -0.25) is 9.78 Å². The first-order chi connectivity index (χ1) is 12.7. The lowest BCUT2D eigenvalue weighted by atomic mass is 9.95. The second-order valence-corrected chi connectivity index (χ2v) is 7.60. The predicted octanol–water partition coefficient (Wildman–Crippen LogP) is 4.85. The number of carbonyl (C=O) groups is 1. The molecule has 1 aliphatic rings. The van der Waals surface area contributed by atoms with Gasteiger partial charge < -0.3 is 10.1 Å².